The van der Waals surface area contributed by atoms with E-state index >= 15 is 0 Å². The number of carbonyl (C=O) groups excluding carboxylic acids is 6. The fourth-order valence-electron chi connectivity index (χ4n) is 11.3. The van der Waals surface area contributed by atoms with Crippen molar-refractivity contribution in [1.29, 1.82) is 0 Å². The lowest BCUT2D eigenvalue weighted by Gasteiger charge is -2.50. The molecule has 6 aliphatic carbocycles. The minimum absolute atomic E-state index is 0. The lowest BCUT2D eigenvalue weighted by atomic mass is 9.57. The van der Waals surface area contributed by atoms with E-state index in [1.54, 1.807) is 40.3 Å². The first-order valence-electron chi connectivity index (χ1n) is 23.0. The Morgan fingerprint density at radius 1 is 0.676 bits per heavy atom. The number of ether oxygens (including phenoxy) is 2. The standard InChI is InChI=1S/C25H29IN2O7.C25H30N2O7.2CH4/c1-4-5-8-35-15-7-6-14(26)12-9-11-10-13-19(28(2)3)21(30)18(24(27)33)23(32)25(13,34)22(31)16(11)20(29)17(12)15;1-4-5-9-34-15-8-6-7-12-10-13-11-14-19(27(2)3)21(29)18(24(26)32)23(31)25(14,33)22(30)17(13)20(28)16(12)15;;/h6-7,11,13,19,29,32,34H,4-5,8-10H2,1-3H3,(H2,27,33);6-8,13-14,19,28,31,33H,4-5,9-11H2,1-3H3,(H2,26,32);2*1H4/t11-,13-,19-,25-;13-,14-,19-,25-;;/m00../s1. The van der Waals surface area contributed by atoms with Gasteiger partial charge in [-0.3, -0.25) is 38.6 Å². The van der Waals surface area contributed by atoms with E-state index in [9.17, 15) is 59.4 Å². The van der Waals surface area contributed by atoms with E-state index in [-0.39, 0.29) is 50.4 Å². The molecule has 8 rings (SSSR count). The monoisotopic (exact) mass is 1100 g/mol. The number of hydrogen-bond donors (Lipinski definition) is 8. The van der Waals surface area contributed by atoms with Crippen molar-refractivity contribution in [2.75, 3.05) is 41.4 Å². The highest BCUT2D eigenvalue weighted by atomic mass is 127. The smallest absolute Gasteiger partial charge is 0.255 e. The maximum atomic E-state index is 13.9. The van der Waals surface area contributed by atoms with Crippen LogP contribution in [0.4, 0.5) is 0 Å². The number of aliphatic hydroxyl groups is 6. The fourth-order valence-corrected chi connectivity index (χ4v) is 11.9. The highest BCUT2D eigenvalue weighted by molar-refractivity contribution is 14.1. The molecule has 2 amide bonds. The minimum Gasteiger partial charge on any atom is -0.508 e. The minimum atomic E-state index is -2.57. The molecule has 0 aliphatic heterocycles. The van der Waals surface area contributed by atoms with E-state index in [1.807, 2.05) is 32.0 Å². The number of unbranched alkanes of at least 4 members (excludes halogenated alkanes) is 2. The summed E-state index contributed by atoms with van der Waals surface area (Å²) in [6.45, 7) is 4.94. The zero-order valence-corrected chi connectivity index (χ0v) is 41.5. The molecule has 2 aromatic carbocycles. The summed E-state index contributed by atoms with van der Waals surface area (Å²) in [6, 6.07) is 6.89. The Labute approximate surface area is 427 Å². The number of likely N-dealkylation sites (N-methyl/N-ethyl adjacent to an activating group) is 2. The average Bonchev–Trinajstić information content (AvgIpc) is 3.27. The van der Waals surface area contributed by atoms with E-state index in [0.717, 1.165) is 40.4 Å². The number of amides is 2. The second kappa shape index (κ2) is 21.2. The third kappa shape index (κ3) is 8.95. The predicted molar refractivity (Wildman–Crippen MR) is 272 cm³/mol. The van der Waals surface area contributed by atoms with Gasteiger partial charge in [-0.15, -0.1) is 0 Å². The molecule has 0 radical (unpaired) electrons. The normalized spacial score (nSPS) is 27.5. The van der Waals surface area contributed by atoms with Gasteiger partial charge in [0.2, 0.25) is 11.6 Å². The average molecular weight is 1100 g/mol. The van der Waals surface area contributed by atoms with Crippen LogP contribution in [-0.4, -0.2) is 140 Å². The van der Waals surface area contributed by atoms with E-state index in [4.69, 9.17) is 20.9 Å². The molecule has 0 heterocycles. The Hall–Kier alpha value is -5.61. The van der Waals surface area contributed by atoms with Crippen LogP contribution in [0.25, 0.3) is 11.5 Å². The summed E-state index contributed by atoms with van der Waals surface area (Å²) in [5, 5.41) is 67.6. The highest BCUT2D eigenvalue weighted by Crippen LogP contribution is 2.55. The van der Waals surface area contributed by atoms with Crippen LogP contribution in [0.15, 0.2) is 64.1 Å². The van der Waals surface area contributed by atoms with Crippen LogP contribution < -0.4 is 20.9 Å². The van der Waals surface area contributed by atoms with Crippen molar-refractivity contribution < 1.29 is 68.9 Å². The first kappa shape index (κ1) is 56.3. The first-order valence-corrected chi connectivity index (χ1v) is 24.1. The molecule has 0 spiro atoms. The van der Waals surface area contributed by atoms with Crippen molar-refractivity contribution in [3.63, 3.8) is 0 Å². The van der Waals surface area contributed by atoms with Gasteiger partial charge in [0.25, 0.3) is 11.8 Å². The van der Waals surface area contributed by atoms with Crippen LogP contribution in [0, 0.1) is 27.2 Å². The SMILES string of the molecule is C.C.CCCCOc1ccc(I)c2c1C(O)=C1C(=O)[C@]3(O)C(O)=C(C(N)=O)C(=O)[C@@H](N(C)C)[C@@H]3C[C@@H]1C2.CCCCOc1cccc2c1C(O)=C1C(=O)[C@]3(O)C(O)=C(C(N)=O)C(=O)[C@@H](N(C)C)[C@@H]3C[C@@H]1C2. The maximum absolute atomic E-state index is 13.9. The zero-order chi connectivity index (χ0) is 50.8. The molecule has 0 bridgehead atoms. The molecule has 2 aromatic rings. The van der Waals surface area contributed by atoms with Gasteiger partial charge in [-0.1, -0.05) is 53.7 Å². The Balaban J connectivity index is 0.000000257. The van der Waals surface area contributed by atoms with Gasteiger partial charge in [0.15, 0.2) is 22.8 Å². The van der Waals surface area contributed by atoms with Crippen LogP contribution in [0.5, 0.6) is 11.5 Å². The summed E-state index contributed by atoms with van der Waals surface area (Å²) in [6.07, 6.45) is 4.52. The predicted octanol–water partition coefficient (Wildman–Crippen LogP) is 4.75. The lowest BCUT2D eigenvalue weighted by molar-refractivity contribution is -0.155. The lowest BCUT2D eigenvalue weighted by Crippen LogP contribution is -2.65. The number of ketones is 4. The third-order valence-corrected chi connectivity index (χ3v) is 15.5. The second-order valence-corrected chi connectivity index (χ2v) is 20.2. The Bertz CT molecular complexity index is 2690. The summed E-state index contributed by atoms with van der Waals surface area (Å²) in [4.78, 5) is 80.9. The van der Waals surface area contributed by atoms with Crippen molar-refractivity contribution in [2.24, 2.45) is 35.1 Å². The number of benzene rings is 2. The zero-order valence-electron chi connectivity index (χ0n) is 39.3. The van der Waals surface area contributed by atoms with Crippen LogP contribution in [-0.2, 0) is 41.6 Å². The van der Waals surface area contributed by atoms with Gasteiger partial charge in [-0.2, -0.15) is 0 Å². The quantitative estimate of drug-likeness (QED) is 0.0808. The summed E-state index contributed by atoms with van der Waals surface area (Å²) in [7, 11) is 6.37. The number of nitrogens with two attached hydrogens (primary N) is 2. The molecular formula is C52H67IN4O14. The van der Waals surface area contributed by atoms with E-state index < -0.39 is 105 Å². The van der Waals surface area contributed by atoms with E-state index in [1.165, 1.54) is 9.80 Å². The Morgan fingerprint density at radius 3 is 1.52 bits per heavy atom. The molecule has 0 unspecified atom stereocenters. The number of rotatable bonds is 12. The Morgan fingerprint density at radius 2 is 1.10 bits per heavy atom. The van der Waals surface area contributed by atoms with Gasteiger partial charge >= 0.3 is 0 Å². The number of carbonyl (C=O) groups is 6. The molecule has 10 N–H and O–H groups in total. The number of nitrogens with zero attached hydrogens (tertiary/aromatic N) is 2. The van der Waals surface area contributed by atoms with Gasteiger partial charge in [0, 0.05) is 26.6 Å². The molecule has 386 valence electrons. The molecule has 0 saturated heterocycles. The van der Waals surface area contributed by atoms with Crippen LogP contribution in [0.3, 0.4) is 0 Å². The van der Waals surface area contributed by atoms with Gasteiger partial charge in [0.05, 0.1) is 36.4 Å². The number of Topliss-reactive ketones (excluding diaryl/α,β-unsaturated/α-hetero) is 4. The summed E-state index contributed by atoms with van der Waals surface area (Å²) >= 11 is 2.17. The molecule has 2 fully saturated rings. The van der Waals surface area contributed by atoms with Crippen LogP contribution in [0.1, 0.15) is 89.5 Å². The molecule has 18 nitrogen and oxygen atoms in total. The molecule has 6 aliphatic rings. The van der Waals surface area contributed by atoms with Crippen LogP contribution >= 0.6 is 22.6 Å². The molecule has 8 atom stereocenters. The number of hydrogen-bond acceptors (Lipinski definition) is 16. The van der Waals surface area contributed by atoms with E-state index in [2.05, 4.69) is 22.6 Å². The first-order chi connectivity index (χ1) is 32.5. The maximum Gasteiger partial charge on any atom is 0.255 e. The van der Waals surface area contributed by atoms with Crippen molar-refractivity contribution in [2.45, 2.75) is 103 Å². The third-order valence-electron chi connectivity index (χ3n) is 14.5. The fraction of sp³-hybridized carbons (Fsp3) is 0.500. The van der Waals surface area contributed by atoms with Gasteiger partial charge in [-0.05, 0) is 130 Å². The van der Waals surface area contributed by atoms with Crippen molar-refractivity contribution in [3.05, 3.63) is 90.0 Å². The number of primary amides is 2. The highest BCUT2D eigenvalue weighted by Gasteiger charge is 2.66. The van der Waals surface area contributed by atoms with Gasteiger partial charge in [0.1, 0.15) is 45.7 Å². The Kier molecular flexibility index (Phi) is 16.8. The topological polar surface area (TPSA) is 301 Å². The van der Waals surface area contributed by atoms with Gasteiger partial charge in [-0.25, -0.2) is 0 Å². The number of halogens is 1. The van der Waals surface area contributed by atoms with Crippen molar-refractivity contribution >= 4 is 69.1 Å². The largest absolute Gasteiger partial charge is 0.508 e. The summed E-state index contributed by atoms with van der Waals surface area (Å²) in [5.41, 5.74) is 6.29. The summed E-state index contributed by atoms with van der Waals surface area (Å²) in [5.74, 6) is -10.7. The summed E-state index contributed by atoms with van der Waals surface area (Å²) < 4.78 is 12.7. The molecule has 0 aromatic heterocycles. The van der Waals surface area contributed by atoms with E-state index in [0.29, 0.717) is 48.7 Å². The van der Waals surface area contributed by atoms with Crippen molar-refractivity contribution in [1.82, 2.24) is 9.80 Å². The van der Waals surface area contributed by atoms with Gasteiger partial charge < -0.3 is 51.6 Å². The number of fused-ring (bicyclic) bond motifs is 6. The molecule has 71 heavy (non-hydrogen) atoms. The van der Waals surface area contributed by atoms with Crippen LogP contribution in [0.2, 0.25) is 0 Å². The molecular weight excluding hydrogens is 1030 g/mol. The second-order valence-electron chi connectivity index (χ2n) is 19.0. The molecule has 2 saturated carbocycles. The number of aliphatic hydroxyl groups excluding tert-OH is 4. The molecule has 19 heteroatoms. The van der Waals surface area contributed by atoms with Crippen molar-refractivity contribution in [3.8, 4) is 11.5 Å².